The molecule has 20 heavy (non-hydrogen) atoms. The number of carboxylic acids is 1. The summed E-state index contributed by atoms with van der Waals surface area (Å²) >= 11 is 1.37. The van der Waals surface area contributed by atoms with Crippen molar-refractivity contribution in [2.24, 2.45) is 11.8 Å². The molecule has 0 radical (unpaired) electrons. The van der Waals surface area contributed by atoms with Crippen LogP contribution in [0.1, 0.15) is 27.2 Å². The van der Waals surface area contributed by atoms with Gasteiger partial charge >= 0.3 is 5.97 Å². The molecule has 0 aromatic heterocycles. The predicted molar refractivity (Wildman–Crippen MR) is 78.6 cm³/mol. The fourth-order valence-electron chi connectivity index (χ4n) is 3.09. The van der Waals surface area contributed by atoms with Crippen LogP contribution in [0.3, 0.4) is 0 Å². The van der Waals surface area contributed by atoms with Gasteiger partial charge in [-0.2, -0.15) is 17.0 Å². The molecule has 2 saturated heterocycles. The maximum atomic E-state index is 12.8. The van der Waals surface area contributed by atoms with Gasteiger partial charge < -0.3 is 5.11 Å². The van der Waals surface area contributed by atoms with Crippen molar-refractivity contribution in [3.05, 3.63) is 0 Å². The lowest BCUT2D eigenvalue weighted by molar-refractivity contribution is -0.140. The first-order chi connectivity index (χ1) is 9.23. The van der Waals surface area contributed by atoms with Crippen LogP contribution < -0.4 is 0 Å². The highest BCUT2D eigenvalue weighted by Gasteiger charge is 2.47. The van der Waals surface area contributed by atoms with Gasteiger partial charge in [0.2, 0.25) is 0 Å². The van der Waals surface area contributed by atoms with Gasteiger partial charge in [0.1, 0.15) is 6.04 Å². The van der Waals surface area contributed by atoms with E-state index in [2.05, 4.69) is 0 Å². The molecule has 0 saturated carbocycles. The van der Waals surface area contributed by atoms with Gasteiger partial charge in [-0.1, -0.05) is 13.8 Å². The van der Waals surface area contributed by atoms with Gasteiger partial charge in [0, 0.05) is 18.8 Å². The van der Waals surface area contributed by atoms with Crippen LogP contribution in [0, 0.1) is 11.8 Å². The van der Waals surface area contributed by atoms with E-state index in [0.717, 1.165) is 6.42 Å². The van der Waals surface area contributed by atoms with Crippen molar-refractivity contribution in [1.29, 1.82) is 0 Å². The van der Waals surface area contributed by atoms with Gasteiger partial charge in [0.05, 0.1) is 5.37 Å². The van der Waals surface area contributed by atoms with Crippen molar-refractivity contribution in [2.45, 2.75) is 38.6 Å². The number of hydrogen-bond acceptors (Lipinski definition) is 4. The van der Waals surface area contributed by atoms with E-state index < -0.39 is 22.2 Å². The molecule has 2 aliphatic rings. The SMILES string of the molecule is CC1CC(C)CN(S(=O)(=O)N2C(C)SCC2C(=O)O)C1. The third-order valence-electron chi connectivity index (χ3n) is 3.87. The summed E-state index contributed by atoms with van der Waals surface area (Å²) in [6.07, 6.45) is 1.01. The second-order valence-corrected chi connectivity index (χ2v) is 9.07. The second kappa shape index (κ2) is 5.82. The lowest BCUT2D eigenvalue weighted by atomic mass is 9.94. The lowest BCUT2D eigenvalue weighted by Crippen LogP contribution is -2.54. The largest absolute Gasteiger partial charge is 0.480 e. The molecule has 0 amide bonds. The zero-order valence-electron chi connectivity index (χ0n) is 12.0. The summed E-state index contributed by atoms with van der Waals surface area (Å²) in [5.41, 5.74) is 0. The van der Waals surface area contributed by atoms with E-state index in [-0.39, 0.29) is 5.37 Å². The summed E-state index contributed by atoms with van der Waals surface area (Å²) in [7, 11) is -3.71. The van der Waals surface area contributed by atoms with E-state index in [0.29, 0.717) is 30.7 Å². The number of carbonyl (C=O) groups is 1. The van der Waals surface area contributed by atoms with Crippen LogP contribution in [-0.4, -0.2) is 58.4 Å². The van der Waals surface area contributed by atoms with E-state index >= 15 is 0 Å². The zero-order valence-corrected chi connectivity index (χ0v) is 13.7. The Hall–Kier alpha value is -0.310. The van der Waals surface area contributed by atoms with E-state index in [4.69, 9.17) is 0 Å². The monoisotopic (exact) mass is 322 g/mol. The number of hydrogen-bond donors (Lipinski definition) is 1. The van der Waals surface area contributed by atoms with Gasteiger partial charge in [-0.15, -0.1) is 11.8 Å². The third-order valence-corrected chi connectivity index (χ3v) is 7.28. The van der Waals surface area contributed by atoms with Crippen LogP contribution in [0.2, 0.25) is 0 Å². The van der Waals surface area contributed by atoms with Crippen molar-refractivity contribution in [2.75, 3.05) is 18.8 Å². The Kier molecular flexibility index (Phi) is 4.68. The highest BCUT2D eigenvalue weighted by Crippen LogP contribution is 2.34. The lowest BCUT2D eigenvalue weighted by Gasteiger charge is -2.37. The number of piperidine rings is 1. The standard InChI is InChI=1S/C12H22N2O4S2/c1-8-4-9(2)6-13(5-8)20(17,18)14-10(3)19-7-11(14)12(15)16/h8-11H,4-7H2,1-3H3,(H,15,16). The highest BCUT2D eigenvalue weighted by molar-refractivity contribution is 8.01. The molecule has 0 spiro atoms. The van der Waals surface area contributed by atoms with Crippen molar-refractivity contribution in [3.63, 3.8) is 0 Å². The molecule has 8 heteroatoms. The summed E-state index contributed by atoms with van der Waals surface area (Å²) < 4.78 is 28.2. The quantitative estimate of drug-likeness (QED) is 0.840. The van der Waals surface area contributed by atoms with Gasteiger partial charge in [-0.05, 0) is 25.2 Å². The Bertz CT molecular complexity index is 472. The third kappa shape index (κ3) is 2.98. The van der Waals surface area contributed by atoms with Crippen LogP contribution in [0.25, 0.3) is 0 Å². The van der Waals surface area contributed by atoms with Crippen molar-refractivity contribution < 1.29 is 18.3 Å². The predicted octanol–water partition coefficient (Wildman–Crippen LogP) is 1.06. The molecule has 1 N–H and O–H groups in total. The molecule has 2 heterocycles. The fourth-order valence-corrected chi connectivity index (χ4v) is 6.76. The Labute approximate surface area is 124 Å². The normalized spacial score (nSPS) is 37.1. The molecule has 6 nitrogen and oxygen atoms in total. The molecule has 0 aromatic carbocycles. The molecule has 0 aliphatic carbocycles. The topological polar surface area (TPSA) is 77.9 Å². The Balaban J connectivity index is 2.26. The number of thioether (sulfide) groups is 1. The smallest absolute Gasteiger partial charge is 0.322 e. The number of carboxylic acid groups (broad SMARTS) is 1. The van der Waals surface area contributed by atoms with Crippen molar-refractivity contribution in [1.82, 2.24) is 8.61 Å². The summed E-state index contributed by atoms with van der Waals surface area (Å²) in [5, 5.41) is 8.90. The molecule has 2 fully saturated rings. The fraction of sp³-hybridized carbons (Fsp3) is 0.917. The second-order valence-electron chi connectivity index (χ2n) is 5.89. The van der Waals surface area contributed by atoms with Gasteiger partial charge in [0.25, 0.3) is 10.2 Å². The Morgan fingerprint density at radius 3 is 2.25 bits per heavy atom. The molecule has 2 aliphatic heterocycles. The van der Waals surface area contributed by atoms with Crippen LogP contribution in [-0.2, 0) is 15.0 Å². The summed E-state index contributed by atoms with van der Waals surface area (Å²) in [6.45, 7) is 6.78. The van der Waals surface area contributed by atoms with E-state index in [1.54, 1.807) is 6.92 Å². The summed E-state index contributed by atoms with van der Waals surface area (Å²) in [6, 6.07) is -0.951. The van der Waals surface area contributed by atoms with Crippen LogP contribution in [0.15, 0.2) is 0 Å². The summed E-state index contributed by atoms with van der Waals surface area (Å²) in [4.78, 5) is 11.3. The van der Waals surface area contributed by atoms with Crippen molar-refractivity contribution >= 4 is 27.9 Å². The highest BCUT2D eigenvalue weighted by atomic mass is 32.2. The van der Waals surface area contributed by atoms with Crippen LogP contribution >= 0.6 is 11.8 Å². The van der Waals surface area contributed by atoms with Crippen LogP contribution in [0.4, 0.5) is 0 Å². The Morgan fingerprint density at radius 2 is 1.75 bits per heavy atom. The molecule has 0 aromatic rings. The van der Waals surface area contributed by atoms with E-state index in [1.165, 1.54) is 20.4 Å². The van der Waals surface area contributed by atoms with E-state index in [1.807, 2.05) is 13.8 Å². The average Bonchev–Trinajstić information content (AvgIpc) is 2.70. The molecule has 4 unspecified atom stereocenters. The van der Waals surface area contributed by atoms with Crippen LogP contribution in [0.5, 0.6) is 0 Å². The maximum absolute atomic E-state index is 12.8. The molecular formula is C12H22N2O4S2. The van der Waals surface area contributed by atoms with E-state index in [9.17, 15) is 18.3 Å². The average molecular weight is 322 g/mol. The van der Waals surface area contributed by atoms with Crippen molar-refractivity contribution in [3.8, 4) is 0 Å². The Morgan fingerprint density at radius 1 is 1.20 bits per heavy atom. The minimum Gasteiger partial charge on any atom is -0.480 e. The first-order valence-electron chi connectivity index (χ1n) is 6.86. The molecular weight excluding hydrogens is 300 g/mol. The first kappa shape index (κ1) is 16.1. The molecule has 4 atom stereocenters. The minimum absolute atomic E-state index is 0.308. The summed E-state index contributed by atoms with van der Waals surface area (Å²) in [5.74, 6) is -0.137. The molecule has 0 bridgehead atoms. The molecule has 116 valence electrons. The first-order valence-corrected chi connectivity index (χ1v) is 9.31. The van der Waals surface area contributed by atoms with Gasteiger partial charge in [-0.3, -0.25) is 4.79 Å². The molecule has 2 rings (SSSR count). The number of aliphatic carboxylic acids is 1. The zero-order chi connectivity index (χ0) is 15.1. The number of nitrogens with zero attached hydrogens (tertiary/aromatic N) is 2. The van der Waals surface area contributed by atoms with Gasteiger partial charge in [-0.25, -0.2) is 0 Å². The number of rotatable bonds is 3. The maximum Gasteiger partial charge on any atom is 0.322 e. The van der Waals surface area contributed by atoms with Gasteiger partial charge in [0.15, 0.2) is 0 Å². The minimum atomic E-state index is -3.71.